The Balaban J connectivity index is 1.50. The predicted molar refractivity (Wildman–Crippen MR) is 98.5 cm³/mol. The van der Waals surface area contributed by atoms with Crippen LogP contribution in [-0.2, 0) is 11.3 Å². The van der Waals surface area contributed by atoms with Crippen molar-refractivity contribution in [3.63, 3.8) is 0 Å². The Morgan fingerprint density at radius 1 is 1.25 bits per heavy atom. The SMILES string of the molecule is C[C@@H]1C[C@H](C(=O)NC2CCCCC2)CCN1Cc1cccc(N)c1. The summed E-state index contributed by atoms with van der Waals surface area (Å²) in [6.07, 6.45) is 8.10. The second-order valence-electron chi connectivity index (χ2n) is 7.63. The summed E-state index contributed by atoms with van der Waals surface area (Å²) in [6, 6.07) is 8.97. The molecule has 2 aliphatic rings. The molecule has 1 aromatic rings. The minimum Gasteiger partial charge on any atom is -0.399 e. The van der Waals surface area contributed by atoms with Crippen LogP contribution in [0.15, 0.2) is 24.3 Å². The Hall–Kier alpha value is -1.55. The number of rotatable bonds is 4. The van der Waals surface area contributed by atoms with Crippen LogP contribution in [-0.4, -0.2) is 29.4 Å². The summed E-state index contributed by atoms with van der Waals surface area (Å²) in [5, 5.41) is 3.31. The van der Waals surface area contributed by atoms with Crippen molar-refractivity contribution in [1.29, 1.82) is 0 Å². The molecule has 2 atom stereocenters. The van der Waals surface area contributed by atoms with E-state index in [4.69, 9.17) is 5.73 Å². The number of anilines is 1. The third-order valence-electron chi connectivity index (χ3n) is 5.67. The standard InChI is InChI=1S/C20H31N3O/c1-15-12-17(20(24)22-19-8-3-2-4-9-19)10-11-23(15)14-16-6-5-7-18(21)13-16/h5-7,13,15,17,19H,2-4,8-12,14,21H2,1H3,(H,22,24)/t15-,17-/m1/s1. The molecule has 1 aliphatic carbocycles. The first-order valence-electron chi connectivity index (χ1n) is 9.50. The molecule has 24 heavy (non-hydrogen) atoms. The van der Waals surface area contributed by atoms with Crippen LogP contribution in [0.5, 0.6) is 0 Å². The molecule has 1 aromatic carbocycles. The Morgan fingerprint density at radius 2 is 2.04 bits per heavy atom. The molecule has 132 valence electrons. The normalized spacial score (nSPS) is 26.2. The van der Waals surface area contributed by atoms with E-state index in [0.29, 0.717) is 12.1 Å². The van der Waals surface area contributed by atoms with Crippen LogP contribution in [0.4, 0.5) is 5.69 Å². The number of nitrogen functional groups attached to an aromatic ring is 1. The minimum atomic E-state index is 0.180. The lowest BCUT2D eigenvalue weighted by atomic mass is 9.89. The number of piperidine rings is 1. The second kappa shape index (κ2) is 8.02. The van der Waals surface area contributed by atoms with E-state index in [2.05, 4.69) is 29.3 Å². The van der Waals surface area contributed by atoms with Gasteiger partial charge in [-0.15, -0.1) is 0 Å². The van der Waals surface area contributed by atoms with Crippen molar-refractivity contribution in [2.24, 2.45) is 5.92 Å². The van der Waals surface area contributed by atoms with Crippen LogP contribution in [0.2, 0.25) is 0 Å². The monoisotopic (exact) mass is 329 g/mol. The highest BCUT2D eigenvalue weighted by atomic mass is 16.1. The molecule has 0 aromatic heterocycles. The van der Waals surface area contributed by atoms with Gasteiger partial charge in [0, 0.05) is 30.2 Å². The van der Waals surface area contributed by atoms with Crippen molar-refractivity contribution in [2.75, 3.05) is 12.3 Å². The zero-order valence-electron chi connectivity index (χ0n) is 14.8. The fourth-order valence-corrected chi connectivity index (χ4v) is 4.19. The van der Waals surface area contributed by atoms with Gasteiger partial charge >= 0.3 is 0 Å². The molecule has 4 heteroatoms. The average molecular weight is 329 g/mol. The maximum Gasteiger partial charge on any atom is 0.223 e. The molecule has 1 saturated carbocycles. The molecule has 1 saturated heterocycles. The maximum absolute atomic E-state index is 12.6. The van der Waals surface area contributed by atoms with Gasteiger partial charge in [0.2, 0.25) is 5.91 Å². The molecule has 3 rings (SSSR count). The van der Waals surface area contributed by atoms with Crippen molar-refractivity contribution >= 4 is 11.6 Å². The van der Waals surface area contributed by atoms with Crippen molar-refractivity contribution in [3.05, 3.63) is 29.8 Å². The number of carbonyl (C=O) groups excluding carboxylic acids is 1. The average Bonchev–Trinajstić information content (AvgIpc) is 2.57. The lowest BCUT2D eigenvalue weighted by Gasteiger charge is -2.37. The van der Waals surface area contributed by atoms with Crippen molar-refractivity contribution in [2.45, 2.75) is 70.5 Å². The first-order valence-corrected chi connectivity index (χ1v) is 9.50. The van der Waals surface area contributed by atoms with Gasteiger partial charge in [0.05, 0.1) is 0 Å². The van der Waals surface area contributed by atoms with E-state index in [1.54, 1.807) is 0 Å². The maximum atomic E-state index is 12.6. The van der Waals surface area contributed by atoms with Crippen molar-refractivity contribution < 1.29 is 4.79 Å². The molecule has 4 nitrogen and oxygen atoms in total. The number of nitrogens with two attached hydrogens (primary N) is 1. The number of benzene rings is 1. The van der Waals surface area contributed by atoms with Crippen LogP contribution in [0.25, 0.3) is 0 Å². The van der Waals surface area contributed by atoms with Gasteiger partial charge in [-0.3, -0.25) is 9.69 Å². The predicted octanol–water partition coefficient (Wildman–Crippen LogP) is 3.32. The fourth-order valence-electron chi connectivity index (χ4n) is 4.19. The van der Waals surface area contributed by atoms with Crippen LogP contribution in [0.1, 0.15) is 57.4 Å². The zero-order valence-corrected chi connectivity index (χ0v) is 14.8. The Kier molecular flexibility index (Phi) is 5.77. The van der Waals surface area contributed by atoms with E-state index in [0.717, 1.165) is 44.5 Å². The lowest BCUT2D eigenvalue weighted by molar-refractivity contribution is -0.128. The topological polar surface area (TPSA) is 58.4 Å². The van der Waals surface area contributed by atoms with Crippen molar-refractivity contribution in [3.8, 4) is 0 Å². The molecular weight excluding hydrogens is 298 g/mol. The molecule has 1 aliphatic heterocycles. The molecule has 3 N–H and O–H groups in total. The van der Waals surface area contributed by atoms with Crippen molar-refractivity contribution in [1.82, 2.24) is 10.2 Å². The molecule has 1 heterocycles. The molecule has 2 fully saturated rings. The molecular formula is C20H31N3O. The summed E-state index contributed by atoms with van der Waals surface area (Å²) in [7, 11) is 0. The molecule has 0 bridgehead atoms. The highest BCUT2D eigenvalue weighted by molar-refractivity contribution is 5.79. The van der Waals surface area contributed by atoms with Gasteiger partial charge in [0.15, 0.2) is 0 Å². The van der Waals surface area contributed by atoms with E-state index < -0.39 is 0 Å². The fraction of sp³-hybridized carbons (Fsp3) is 0.650. The van der Waals surface area contributed by atoms with Gasteiger partial charge < -0.3 is 11.1 Å². The van der Waals surface area contributed by atoms with Gasteiger partial charge in [-0.1, -0.05) is 31.4 Å². The van der Waals surface area contributed by atoms with Gasteiger partial charge in [-0.2, -0.15) is 0 Å². The van der Waals surface area contributed by atoms with Gasteiger partial charge in [-0.05, 0) is 56.8 Å². The first kappa shape index (κ1) is 17.3. The highest BCUT2D eigenvalue weighted by Gasteiger charge is 2.30. The summed E-state index contributed by atoms with van der Waals surface area (Å²) in [6.45, 7) is 4.15. The highest BCUT2D eigenvalue weighted by Crippen LogP contribution is 2.26. The third-order valence-corrected chi connectivity index (χ3v) is 5.67. The van der Waals surface area contributed by atoms with E-state index in [1.807, 2.05) is 12.1 Å². The third kappa shape index (κ3) is 4.50. The number of nitrogens with one attached hydrogen (secondary N) is 1. The van der Waals surface area contributed by atoms with Gasteiger partial charge in [0.1, 0.15) is 0 Å². The van der Waals surface area contributed by atoms with E-state index in [9.17, 15) is 4.79 Å². The first-order chi connectivity index (χ1) is 11.6. The molecule has 0 spiro atoms. The largest absolute Gasteiger partial charge is 0.399 e. The van der Waals surface area contributed by atoms with E-state index in [-0.39, 0.29) is 11.8 Å². The number of likely N-dealkylation sites (tertiary alicyclic amines) is 1. The van der Waals surface area contributed by atoms with Gasteiger partial charge in [0.25, 0.3) is 0 Å². The van der Waals surface area contributed by atoms with Crippen LogP contribution >= 0.6 is 0 Å². The summed E-state index contributed by atoms with van der Waals surface area (Å²) < 4.78 is 0. The van der Waals surface area contributed by atoms with Crippen LogP contribution < -0.4 is 11.1 Å². The Morgan fingerprint density at radius 3 is 2.75 bits per heavy atom. The summed E-state index contributed by atoms with van der Waals surface area (Å²) in [5.74, 6) is 0.469. The number of hydrogen-bond acceptors (Lipinski definition) is 3. The summed E-state index contributed by atoms with van der Waals surface area (Å²) >= 11 is 0. The number of carbonyl (C=O) groups is 1. The van der Waals surface area contributed by atoms with Crippen LogP contribution in [0.3, 0.4) is 0 Å². The number of hydrogen-bond donors (Lipinski definition) is 2. The summed E-state index contributed by atoms with van der Waals surface area (Å²) in [4.78, 5) is 15.0. The quantitative estimate of drug-likeness (QED) is 0.833. The van der Waals surface area contributed by atoms with E-state index in [1.165, 1.54) is 24.8 Å². The minimum absolute atomic E-state index is 0.180. The molecule has 1 amide bonds. The smallest absolute Gasteiger partial charge is 0.223 e. The van der Waals surface area contributed by atoms with E-state index >= 15 is 0 Å². The number of nitrogens with zero attached hydrogens (tertiary/aromatic N) is 1. The summed E-state index contributed by atoms with van der Waals surface area (Å²) in [5.41, 5.74) is 7.96. The zero-order chi connectivity index (χ0) is 16.9. The Labute approximate surface area is 145 Å². The number of amides is 1. The Bertz CT molecular complexity index is 554. The second-order valence-corrected chi connectivity index (χ2v) is 7.63. The van der Waals surface area contributed by atoms with Gasteiger partial charge in [-0.25, -0.2) is 0 Å². The lowest BCUT2D eigenvalue weighted by Crippen LogP contribution is -2.47. The van der Waals surface area contributed by atoms with Crippen LogP contribution in [0, 0.1) is 5.92 Å². The molecule has 0 radical (unpaired) electrons. The molecule has 0 unspecified atom stereocenters.